The van der Waals surface area contributed by atoms with E-state index in [2.05, 4.69) is 23.6 Å². The second kappa shape index (κ2) is 8.79. The molecule has 0 aliphatic rings. The zero-order chi connectivity index (χ0) is 20.1. The van der Waals surface area contributed by atoms with Crippen LogP contribution in [0.4, 0.5) is 0 Å². The van der Waals surface area contributed by atoms with Gasteiger partial charge >= 0.3 is 0 Å². The van der Waals surface area contributed by atoms with Crippen molar-refractivity contribution in [3.8, 4) is 16.9 Å². The summed E-state index contributed by atoms with van der Waals surface area (Å²) in [7, 11) is 0. The lowest BCUT2D eigenvalue weighted by Gasteiger charge is -2.13. The molecule has 3 N–H and O–H groups in total. The number of rotatable bonds is 8. The number of amides is 1. The lowest BCUT2D eigenvalue weighted by molar-refractivity contribution is 0.1000. The molecule has 0 fully saturated rings. The molecular formula is C24H28N2O2. The Balaban J connectivity index is 2.12. The van der Waals surface area contributed by atoms with E-state index in [1.165, 1.54) is 5.56 Å². The predicted molar refractivity (Wildman–Crippen MR) is 114 cm³/mol. The molecule has 2 aromatic carbocycles. The van der Waals surface area contributed by atoms with Crippen molar-refractivity contribution in [2.45, 2.75) is 46.1 Å². The van der Waals surface area contributed by atoms with Crippen molar-refractivity contribution in [3.63, 3.8) is 0 Å². The first kappa shape index (κ1) is 19.7. The first-order valence-electron chi connectivity index (χ1n) is 9.88. The lowest BCUT2D eigenvalue weighted by atomic mass is 9.97. The van der Waals surface area contributed by atoms with E-state index in [9.17, 15) is 9.90 Å². The minimum Gasteiger partial charge on any atom is -0.508 e. The summed E-state index contributed by atoms with van der Waals surface area (Å²) in [6.45, 7) is 4.91. The molecule has 146 valence electrons. The fourth-order valence-corrected chi connectivity index (χ4v) is 3.86. The number of unbranched alkanes of at least 4 members (excludes halogenated alkanes) is 1. The predicted octanol–water partition coefficient (Wildman–Crippen LogP) is 4.85. The van der Waals surface area contributed by atoms with Crippen LogP contribution in [-0.4, -0.2) is 15.6 Å². The Labute approximate surface area is 166 Å². The summed E-state index contributed by atoms with van der Waals surface area (Å²) >= 11 is 0. The Kier molecular flexibility index (Phi) is 6.19. The van der Waals surface area contributed by atoms with Crippen molar-refractivity contribution in [1.82, 2.24) is 4.57 Å². The summed E-state index contributed by atoms with van der Waals surface area (Å²) in [6.07, 6.45) is 3.84. The quantitative estimate of drug-likeness (QED) is 0.590. The molecule has 0 saturated carbocycles. The monoisotopic (exact) mass is 376 g/mol. The largest absolute Gasteiger partial charge is 0.508 e. The summed E-state index contributed by atoms with van der Waals surface area (Å²) in [4.78, 5) is 12.4. The first-order valence-corrected chi connectivity index (χ1v) is 9.88. The number of phenolic OH excluding ortho intramolecular Hbond substituents is 1. The molecule has 28 heavy (non-hydrogen) atoms. The third-order valence-corrected chi connectivity index (χ3v) is 5.25. The summed E-state index contributed by atoms with van der Waals surface area (Å²) in [5, 5.41) is 9.98. The lowest BCUT2D eigenvalue weighted by Crippen LogP contribution is -2.14. The SMILES string of the molecule is CCCCc1c(-c2cccc(O)c2)c(C(N)=O)c(C)n1CCc1ccccc1. The molecule has 4 heteroatoms. The number of benzene rings is 2. The van der Waals surface area contributed by atoms with Crippen molar-refractivity contribution in [3.05, 3.63) is 77.1 Å². The smallest absolute Gasteiger partial charge is 0.251 e. The van der Waals surface area contributed by atoms with Crippen LogP contribution in [0.25, 0.3) is 11.1 Å². The van der Waals surface area contributed by atoms with Gasteiger partial charge in [0.2, 0.25) is 0 Å². The van der Waals surface area contributed by atoms with E-state index in [-0.39, 0.29) is 5.75 Å². The molecule has 1 heterocycles. The van der Waals surface area contributed by atoms with Gasteiger partial charge in [-0.1, -0.05) is 55.8 Å². The number of hydrogen-bond donors (Lipinski definition) is 2. The molecule has 1 amide bonds. The third-order valence-electron chi connectivity index (χ3n) is 5.25. The van der Waals surface area contributed by atoms with Crippen LogP contribution < -0.4 is 5.73 Å². The van der Waals surface area contributed by atoms with Gasteiger partial charge in [0, 0.05) is 23.5 Å². The van der Waals surface area contributed by atoms with Crippen LogP contribution in [0.15, 0.2) is 54.6 Å². The molecule has 1 aromatic heterocycles. The minimum absolute atomic E-state index is 0.184. The van der Waals surface area contributed by atoms with Crippen molar-refractivity contribution in [1.29, 1.82) is 0 Å². The minimum atomic E-state index is -0.424. The molecule has 0 saturated heterocycles. The fraction of sp³-hybridized carbons (Fsp3) is 0.292. The van der Waals surface area contributed by atoms with E-state index in [1.807, 2.05) is 31.2 Å². The van der Waals surface area contributed by atoms with Crippen LogP contribution in [0.2, 0.25) is 0 Å². The van der Waals surface area contributed by atoms with Crippen molar-refractivity contribution >= 4 is 5.91 Å². The topological polar surface area (TPSA) is 68.2 Å². The van der Waals surface area contributed by atoms with E-state index in [1.54, 1.807) is 18.2 Å². The molecule has 4 nitrogen and oxygen atoms in total. The summed E-state index contributed by atoms with van der Waals surface area (Å²) in [6, 6.07) is 17.4. The highest BCUT2D eigenvalue weighted by molar-refractivity contribution is 6.02. The van der Waals surface area contributed by atoms with Crippen LogP contribution in [-0.2, 0) is 19.4 Å². The molecule has 0 aliphatic heterocycles. The van der Waals surface area contributed by atoms with Gasteiger partial charge in [0.05, 0.1) is 5.56 Å². The van der Waals surface area contributed by atoms with Crippen molar-refractivity contribution in [2.24, 2.45) is 5.73 Å². The molecule has 0 radical (unpaired) electrons. The molecule has 3 aromatic rings. The van der Waals surface area contributed by atoms with Gasteiger partial charge in [-0.25, -0.2) is 0 Å². The maximum absolute atomic E-state index is 12.4. The second-order valence-electron chi connectivity index (χ2n) is 7.19. The number of aromatic nitrogens is 1. The zero-order valence-corrected chi connectivity index (χ0v) is 16.6. The van der Waals surface area contributed by atoms with E-state index >= 15 is 0 Å². The number of nitrogens with two attached hydrogens (primary N) is 1. The highest BCUT2D eigenvalue weighted by Crippen LogP contribution is 2.35. The molecular weight excluding hydrogens is 348 g/mol. The fourth-order valence-electron chi connectivity index (χ4n) is 3.86. The van der Waals surface area contributed by atoms with E-state index < -0.39 is 5.91 Å². The van der Waals surface area contributed by atoms with Gasteiger partial charge in [0.1, 0.15) is 5.75 Å². The molecule has 0 spiro atoms. The number of aryl methyl sites for hydroxylation is 1. The standard InChI is InChI=1S/C24H28N2O2/c1-3-4-13-21-23(19-11-8-12-20(27)16-19)22(24(25)28)17(2)26(21)15-14-18-9-6-5-7-10-18/h5-12,16,27H,3-4,13-15H2,1-2H3,(H2,25,28). The van der Waals surface area contributed by atoms with Crippen molar-refractivity contribution < 1.29 is 9.90 Å². The maximum Gasteiger partial charge on any atom is 0.251 e. The Morgan fingerprint density at radius 3 is 2.46 bits per heavy atom. The van der Waals surface area contributed by atoms with Gasteiger partial charge in [-0.2, -0.15) is 0 Å². The average Bonchev–Trinajstić information content (AvgIpc) is 2.97. The van der Waals surface area contributed by atoms with Gasteiger partial charge in [-0.05, 0) is 49.4 Å². The van der Waals surface area contributed by atoms with Crippen LogP contribution in [0.1, 0.15) is 47.1 Å². The first-order chi connectivity index (χ1) is 13.5. The zero-order valence-electron chi connectivity index (χ0n) is 16.6. The maximum atomic E-state index is 12.4. The Morgan fingerprint density at radius 1 is 1.07 bits per heavy atom. The van der Waals surface area contributed by atoms with Gasteiger partial charge in [-0.15, -0.1) is 0 Å². The normalized spacial score (nSPS) is 10.9. The van der Waals surface area contributed by atoms with Crippen LogP contribution in [0.5, 0.6) is 5.75 Å². The highest BCUT2D eigenvalue weighted by Gasteiger charge is 2.24. The van der Waals surface area contributed by atoms with Crippen molar-refractivity contribution in [2.75, 3.05) is 0 Å². The summed E-state index contributed by atoms with van der Waals surface area (Å²) in [5.74, 6) is -0.240. The highest BCUT2D eigenvalue weighted by atomic mass is 16.3. The Bertz CT molecular complexity index is 958. The second-order valence-corrected chi connectivity index (χ2v) is 7.19. The van der Waals surface area contributed by atoms with Gasteiger partial charge in [0.25, 0.3) is 5.91 Å². The molecule has 0 unspecified atom stereocenters. The van der Waals surface area contributed by atoms with E-state index in [0.29, 0.717) is 5.56 Å². The Hall–Kier alpha value is -3.01. The molecule has 3 rings (SSSR count). The number of phenols is 1. The van der Waals surface area contributed by atoms with Gasteiger partial charge in [0.15, 0.2) is 0 Å². The van der Waals surface area contributed by atoms with Crippen LogP contribution in [0.3, 0.4) is 0 Å². The Morgan fingerprint density at radius 2 is 1.82 bits per heavy atom. The average molecular weight is 377 g/mol. The summed E-state index contributed by atoms with van der Waals surface area (Å²) in [5.41, 5.74) is 11.3. The number of nitrogens with zero attached hydrogens (tertiary/aromatic N) is 1. The third kappa shape index (κ3) is 4.11. The molecule has 0 atom stereocenters. The van der Waals surface area contributed by atoms with Gasteiger partial charge < -0.3 is 15.4 Å². The molecule has 0 bridgehead atoms. The van der Waals surface area contributed by atoms with Crippen LogP contribution >= 0.6 is 0 Å². The van der Waals surface area contributed by atoms with E-state index in [0.717, 1.165) is 54.7 Å². The number of hydrogen-bond acceptors (Lipinski definition) is 2. The number of primary amides is 1. The number of carbonyl (C=O) groups excluding carboxylic acids is 1. The number of aromatic hydroxyl groups is 1. The van der Waals surface area contributed by atoms with Crippen LogP contribution in [0, 0.1) is 6.92 Å². The van der Waals surface area contributed by atoms with Gasteiger partial charge in [-0.3, -0.25) is 4.79 Å². The van der Waals surface area contributed by atoms with E-state index in [4.69, 9.17) is 5.73 Å². The molecule has 0 aliphatic carbocycles. The number of carbonyl (C=O) groups is 1. The summed E-state index contributed by atoms with van der Waals surface area (Å²) < 4.78 is 2.24.